The highest BCUT2D eigenvalue weighted by molar-refractivity contribution is 5.99. The van der Waals surface area contributed by atoms with Crippen LogP contribution in [0.3, 0.4) is 0 Å². The number of amides is 2. The largest absolute Gasteiger partial charge is 0.457 e. The number of anilines is 2. The average molecular weight is 377 g/mol. The second kappa shape index (κ2) is 8.22. The molecule has 7 nitrogen and oxygen atoms in total. The number of carbonyl (C=O) groups excluding carboxylic acids is 1. The molecule has 0 fully saturated rings. The van der Waals surface area contributed by atoms with Crippen molar-refractivity contribution in [1.82, 2.24) is 0 Å². The van der Waals surface area contributed by atoms with Gasteiger partial charge in [-0.05, 0) is 73.5 Å². The van der Waals surface area contributed by atoms with Crippen LogP contribution in [-0.4, -0.2) is 11.0 Å². The molecule has 3 aromatic rings. The predicted molar refractivity (Wildman–Crippen MR) is 108 cm³/mol. The summed E-state index contributed by atoms with van der Waals surface area (Å²) in [7, 11) is 0. The molecule has 0 aliphatic heterocycles. The lowest BCUT2D eigenvalue weighted by molar-refractivity contribution is -0.384. The Labute approximate surface area is 162 Å². The summed E-state index contributed by atoms with van der Waals surface area (Å²) >= 11 is 0. The van der Waals surface area contributed by atoms with E-state index in [4.69, 9.17) is 4.74 Å². The molecule has 28 heavy (non-hydrogen) atoms. The van der Waals surface area contributed by atoms with Gasteiger partial charge >= 0.3 is 6.03 Å². The highest BCUT2D eigenvalue weighted by Gasteiger charge is 2.06. The lowest BCUT2D eigenvalue weighted by Crippen LogP contribution is -2.19. The number of carbonyl (C=O) groups is 1. The molecule has 0 spiro atoms. The van der Waals surface area contributed by atoms with Crippen LogP contribution in [0.15, 0.2) is 66.7 Å². The van der Waals surface area contributed by atoms with Crippen molar-refractivity contribution in [3.63, 3.8) is 0 Å². The number of rotatable bonds is 5. The Morgan fingerprint density at radius 3 is 1.86 bits per heavy atom. The van der Waals surface area contributed by atoms with Crippen LogP contribution in [0.25, 0.3) is 0 Å². The number of hydrogen-bond donors (Lipinski definition) is 2. The second-order valence-electron chi connectivity index (χ2n) is 6.33. The van der Waals surface area contributed by atoms with Gasteiger partial charge in [-0.25, -0.2) is 4.79 Å². The topological polar surface area (TPSA) is 93.5 Å². The molecule has 0 aliphatic rings. The van der Waals surface area contributed by atoms with E-state index >= 15 is 0 Å². The van der Waals surface area contributed by atoms with E-state index in [0.717, 1.165) is 16.8 Å². The van der Waals surface area contributed by atoms with Crippen LogP contribution in [0.2, 0.25) is 0 Å². The van der Waals surface area contributed by atoms with Crippen LogP contribution < -0.4 is 15.4 Å². The number of nitro groups is 1. The molecule has 0 unspecified atom stereocenters. The molecule has 0 bridgehead atoms. The Hall–Kier alpha value is -3.87. The summed E-state index contributed by atoms with van der Waals surface area (Å²) in [4.78, 5) is 22.4. The molecule has 0 saturated heterocycles. The summed E-state index contributed by atoms with van der Waals surface area (Å²) in [5.41, 5.74) is 3.49. The Morgan fingerprint density at radius 2 is 1.32 bits per heavy atom. The maximum Gasteiger partial charge on any atom is 0.323 e. The van der Waals surface area contributed by atoms with Crippen LogP contribution in [0.4, 0.5) is 21.9 Å². The highest BCUT2D eigenvalue weighted by atomic mass is 16.6. The van der Waals surface area contributed by atoms with Gasteiger partial charge in [-0.2, -0.15) is 0 Å². The number of aryl methyl sites for hydroxylation is 2. The third kappa shape index (κ3) is 5.07. The van der Waals surface area contributed by atoms with Gasteiger partial charge in [-0.15, -0.1) is 0 Å². The zero-order valence-corrected chi connectivity index (χ0v) is 15.4. The Kier molecular flexibility index (Phi) is 5.55. The minimum atomic E-state index is -0.465. The smallest absolute Gasteiger partial charge is 0.323 e. The third-order valence-corrected chi connectivity index (χ3v) is 3.87. The molecule has 0 radical (unpaired) electrons. The lowest BCUT2D eigenvalue weighted by Gasteiger charge is -2.10. The lowest BCUT2D eigenvalue weighted by atomic mass is 10.1. The number of non-ortho nitro benzene ring substituents is 1. The number of nitrogens with zero attached hydrogens (tertiary/aromatic N) is 1. The van der Waals surface area contributed by atoms with E-state index in [2.05, 4.69) is 10.6 Å². The molecule has 0 atom stereocenters. The first kappa shape index (κ1) is 18.9. The van der Waals surface area contributed by atoms with Gasteiger partial charge in [0.05, 0.1) is 4.92 Å². The predicted octanol–water partition coefficient (Wildman–Crippen LogP) is 5.65. The number of ether oxygens (including phenoxy) is 1. The molecule has 142 valence electrons. The molecule has 0 heterocycles. The van der Waals surface area contributed by atoms with E-state index in [9.17, 15) is 14.9 Å². The number of benzene rings is 3. The van der Waals surface area contributed by atoms with E-state index in [1.807, 2.05) is 32.0 Å². The maximum atomic E-state index is 12.2. The Bertz CT molecular complexity index is 979. The molecule has 7 heteroatoms. The van der Waals surface area contributed by atoms with Crippen molar-refractivity contribution in [2.75, 3.05) is 10.6 Å². The Morgan fingerprint density at radius 1 is 0.821 bits per heavy atom. The third-order valence-electron chi connectivity index (χ3n) is 3.87. The molecule has 3 rings (SSSR count). The van der Waals surface area contributed by atoms with Crippen molar-refractivity contribution < 1.29 is 14.5 Å². The molecule has 2 N–H and O–H groups in total. The summed E-state index contributed by atoms with van der Waals surface area (Å²) < 4.78 is 5.64. The zero-order chi connectivity index (χ0) is 20.1. The Balaban J connectivity index is 1.59. The first-order chi connectivity index (χ1) is 13.4. The molecule has 3 aromatic carbocycles. The van der Waals surface area contributed by atoms with Gasteiger partial charge in [0.1, 0.15) is 11.5 Å². The standard InChI is InChI=1S/C21H19N3O4/c1-14-11-15(2)13-17(12-14)23-21(25)22-16-3-7-19(8-4-16)28-20-9-5-18(6-10-20)24(26)27/h3-13H,1-2H3,(H2,22,23,25). The van der Waals surface area contributed by atoms with E-state index in [1.165, 1.54) is 24.3 Å². The zero-order valence-electron chi connectivity index (χ0n) is 15.4. The highest BCUT2D eigenvalue weighted by Crippen LogP contribution is 2.25. The maximum absolute atomic E-state index is 12.2. The van der Waals surface area contributed by atoms with Gasteiger partial charge in [0.25, 0.3) is 5.69 Å². The van der Waals surface area contributed by atoms with Gasteiger partial charge in [-0.3, -0.25) is 10.1 Å². The fraction of sp³-hybridized carbons (Fsp3) is 0.0952. The first-order valence-corrected chi connectivity index (χ1v) is 8.58. The fourth-order valence-corrected chi connectivity index (χ4v) is 2.72. The molecule has 0 aliphatic carbocycles. The summed E-state index contributed by atoms with van der Waals surface area (Å²) in [5, 5.41) is 16.2. The summed E-state index contributed by atoms with van der Waals surface area (Å²) in [6.07, 6.45) is 0. The van der Waals surface area contributed by atoms with Crippen molar-refractivity contribution in [2.24, 2.45) is 0 Å². The molecular formula is C21H19N3O4. The van der Waals surface area contributed by atoms with Crippen LogP contribution in [0.5, 0.6) is 11.5 Å². The van der Waals surface area contributed by atoms with Crippen LogP contribution in [0, 0.1) is 24.0 Å². The summed E-state index contributed by atoms with van der Waals surface area (Å²) in [5.74, 6) is 1.04. The number of nitro benzene ring substituents is 1. The SMILES string of the molecule is Cc1cc(C)cc(NC(=O)Nc2ccc(Oc3ccc([N+](=O)[O-])cc3)cc2)c1. The number of urea groups is 1. The second-order valence-corrected chi connectivity index (χ2v) is 6.33. The first-order valence-electron chi connectivity index (χ1n) is 8.58. The van der Waals surface area contributed by atoms with Crippen LogP contribution in [-0.2, 0) is 0 Å². The van der Waals surface area contributed by atoms with Crippen molar-refractivity contribution in [3.8, 4) is 11.5 Å². The minimum Gasteiger partial charge on any atom is -0.457 e. The van der Waals surface area contributed by atoms with E-state index in [0.29, 0.717) is 17.2 Å². The van der Waals surface area contributed by atoms with Crippen molar-refractivity contribution in [1.29, 1.82) is 0 Å². The molecule has 0 saturated carbocycles. The van der Waals surface area contributed by atoms with Crippen LogP contribution >= 0.6 is 0 Å². The van der Waals surface area contributed by atoms with Gasteiger partial charge < -0.3 is 15.4 Å². The molecular weight excluding hydrogens is 358 g/mol. The fourth-order valence-electron chi connectivity index (χ4n) is 2.72. The number of hydrogen-bond acceptors (Lipinski definition) is 4. The van der Waals surface area contributed by atoms with E-state index in [-0.39, 0.29) is 11.7 Å². The quantitative estimate of drug-likeness (QED) is 0.444. The van der Waals surface area contributed by atoms with Gasteiger partial charge in [0.2, 0.25) is 0 Å². The van der Waals surface area contributed by atoms with Crippen molar-refractivity contribution in [3.05, 3.63) is 88.0 Å². The molecule has 0 aromatic heterocycles. The van der Waals surface area contributed by atoms with Crippen molar-refractivity contribution >= 4 is 23.1 Å². The van der Waals surface area contributed by atoms with Crippen molar-refractivity contribution in [2.45, 2.75) is 13.8 Å². The normalized spacial score (nSPS) is 10.2. The average Bonchev–Trinajstić information content (AvgIpc) is 2.63. The summed E-state index contributed by atoms with van der Waals surface area (Å²) in [6.45, 7) is 3.94. The molecule has 2 amide bonds. The van der Waals surface area contributed by atoms with E-state index < -0.39 is 4.92 Å². The van der Waals surface area contributed by atoms with E-state index in [1.54, 1.807) is 24.3 Å². The summed E-state index contributed by atoms with van der Waals surface area (Å²) in [6, 6.07) is 18.1. The number of nitrogens with one attached hydrogen (secondary N) is 2. The monoisotopic (exact) mass is 377 g/mol. The minimum absolute atomic E-state index is 0.00159. The van der Waals surface area contributed by atoms with Gasteiger partial charge in [0.15, 0.2) is 0 Å². The van der Waals surface area contributed by atoms with Crippen LogP contribution in [0.1, 0.15) is 11.1 Å². The van der Waals surface area contributed by atoms with Gasteiger partial charge in [0, 0.05) is 23.5 Å². The van der Waals surface area contributed by atoms with Gasteiger partial charge in [-0.1, -0.05) is 6.07 Å².